The smallest absolute Gasteiger partial charge is 0.338 e. The number of para-hydroxylation sites is 2. The maximum absolute atomic E-state index is 13.4. The minimum Gasteiger partial charge on any atom is -0.497 e. The molecular weight excluding hydrogens is 404 g/mol. The van der Waals surface area contributed by atoms with Crippen molar-refractivity contribution < 1.29 is 14.3 Å². The van der Waals surface area contributed by atoms with Crippen LogP contribution in [-0.2, 0) is 9.53 Å². The number of hydrogen-bond donors (Lipinski definition) is 1. The van der Waals surface area contributed by atoms with Gasteiger partial charge in [0.05, 0.1) is 41.7 Å². The molecule has 7 nitrogen and oxygen atoms in total. The maximum Gasteiger partial charge on any atom is 0.338 e. The van der Waals surface area contributed by atoms with Crippen molar-refractivity contribution in [2.24, 2.45) is 0 Å². The summed E-state index contributed by atoms with van der Waals surface area (Å²) in [4.78, 5) is 22.7. The van der Waals surface area contributed by atoms with E-state index in [9.17, 15) is 4.79 Å². The molecule has 0 amide bonds. The fourth-order valence-electron chi connectivity index (χ4n) is 4.06. The molecule has 0 radical (unpaired) electrons. The fourth-order valence-corrected chi connectivity index (χ4v) is 4.06. The highest BCUT2D eigenvalue weighted by molar-refractivity contribution is 6.03. The lowest BCUT2D eigenvalue weighted by atomic mass is 9.95. The molecule has 2 aromatic carbocycles. The molecule has 1 aliphatic rings. The predicted octanol–water partition coefficient (Wildman–Crippen LogP) is 4.43. The van der Waals surface area contributed by atoms with Crippen molar-refractivity contribution in [3.63, 3.8) is 0 Å². The lowest BCUT2D eigenvalue weighted by Gasteiger charge is -2.30. The first-order chi connectivity index (χ1) is 15.7. The Morgan fingerprint density at radius 1 is 1.06 bits per heavy atom. The second kappa shape index (κ2) is 8.19. The van der Waals surface area contributed by atoms with Crippen LogP contribution in [-0.4, -0.2) is 34.2 Å². The zero-order chi connectivity index (χ0) is 22.1. The number of anilines is 1. The van der Waals surface area contributed by atoms with Gasteiger partial charge in [0.1, 0.15) is 11.8 Å². The van der Waals surface area contributed by atoms with Crippen molar-refractivity contribution in [1.29, 1.82) is 0 Å². The number of nitrogens with one attached hydrogen (secondary N) is 1. The van der Waals surface area contributed by atoms with Gasteiger partial charge in [-0.25, -0.2) is 9.78 Å². The highest BCUT2D eigenvalue weighted by atomic mass is 16.5. The molecule has 0 aliphatic carbocycles. The third-order valence-electron chi connectivity index (χ3n) is 5.48. The molecule has 0 saturated heterocycles. The highest BCUT2D eigenvalue weighted by Gasteiger charge is 2.37. The topological polar surface area (TPSA) is 78.3 Å². The van der Waals surface area contributed by atoms with Crippen LogP contribution in [0.2, 0.25) is 0 Å². The number of fused-ring (bicyclic) bond motifs is 3. The van der Waals surface area contributed by atoms with Crippen molar-refractivity contribution in [2.45, 2.75) is 13.0 Å². The van der Waals surface area contributed by atoms with Crippen LogP contribution in [0.5, 0.6) is 5.75 Å². The first-order valence-corrected chi connectivity index (χ1v) is 10.4. The molecule has 0 unspecified atom stereocenters. The van der Waals surface area contributed by atoms with Gasteiger partial charge in [0.2, 0.25) is 5.95 Å². The molecule has 160 valence electrons. The number of carbonyl (C=O) groups is 1. The molecule has 2 aromatic heterocycles. The summed E-state index contributed by atoms with van der Waals surface area (Å²) < 4.78 is 12.8. The number of ether oxygens (including phenoxy) is 2. The normalized spacial score (nSPS) is 15.2. The summed E-state index contributed by atoms with van der Waals surface area (Å²) in [6.07, 6.45) is 1.73. The first kappa shape index (κ1) is 19.8. The zero-order valence-corrected chi connectivity index (χ0v) is 17.8. The van der Waals surface area contributed by atoms with Gasteiger partial charge < -0.3 is 14.8 Å². The molecule has 0 saturated carbocycles. The number of nitrogens with zero attached hydrogens (tertiary/aromatic N) is 3. The van der Waals surface area contributed by atoms with E-state index in [1.165, 1.54) is 0 Å². The van der Waals surface area contributed by atoms with Crippen LogP contribution >= 0.6 is 0 Å². The lowest BCUT2D eigenvalue weighted by Crippen LogP contribution is -2.29. The van der Waals surface area contributed by atoms with E-state index in [1.807, 2.05) is 71.3 Å². The number of esters is 1. The minimum absolute atomic E-state index is 0.269. The van der Waals surface area contributed by atoms with Gasteiger partial charge >= 0.3 is 5.97 Å². The van der Waals surface area contributed by atoms with Gasteiger partial charge in [-0.1, -0.05) is 18.2 Å². The molecule has 3 heterocycles. The van der Waals surface area contributed by atoms with Gasteiger partial charge in [-0.3, -0.25) is 9.55 Å². The summed E-state index contributed by atoms with van der Waals surface area (Å²) in [5.74, 6) is 0.974. The number of imidazole rings is 1. The molecule has 1 N–H and O–H groups in total. The Labute approximate surface area is 185 Å². The van der Waals surface area contributed by atoms with E-state index in [0.717, 1.165) is 28.0 Å². The number of hydrogen-bond acceptors (Lipinski definition) is 6. The fraction of sp³-hybridized carbons (Fsp3) is 0.160. The highest BCUT2D eigenvalue weighted by Crippen LogP contribution is 2.41. The number of benzene rings is 2. The van der Waals surface area contributed by atoms with Crippen LogP contribution in [0.4, 0.5) is 5.95 Å². The molecule has 0 bridgehead atoms. The Hall–Kier alpha value is -4.13. The quantitative estimate of drug-likeness (QED) is 0.476. The number of aromatic nitrogens is 3. The van der Waals surface area contributed by atoms with Gasteiger partial charge in [0.15, 0.2) is 0 Å². The lowest BCUT2D eigenvalue weighted by molar-refractivity contribution is -0.138. The van der Waals surface area contributed by atoms with Gasteiger partial charge in [-0.15, -0.1) is 0 Å². The van der Waals surface area contributed by atoms with Crippen LogP contribution in [0.25, 0.3) is 16.7 Å². The van der Waals surface area contributed by atoms with Crippen LogP contribution in [0.1, 0.15) is 24.2 Å². The molecule has 0 spiro atoms. The summed E-state index contributed by atoms with van der Waals surface area (Å²) in [7, 11) is 1.62. The Morgan fingerprint density at radius 2 is 1.84 bits per heavy atom. The number of carbonyl (C=O) groups excluding carboxylic acids is 1. The summed E-state index contributed by atoms with van der Waals surface area (Å²) in [6.45, 7) is 2.07. The molecule has 1 aliphatic heterocycles. The van der Waals surface area contributed by atoms with E-state index >= 15 is 0 Å². The Kier molecular flexibility index (Phi) is 5.07. The second-order valence-electron chi connectivity index (χ2n) is 7.31. The van der Waals surface area contributed by atoms with Crippen LogP contribution in [0.3, 0.4) is 0 Å². The van der Waals surface area contributed by atoms with Gasteiger partial charge in [-0.05, 0) is 61.0 Å². The molecule has 4 aromatic rings. The molecule has 1 atom stereocenters. The Bertz CT molecular complexity index is 1310. The van der Waals surface area contributed by atoms with E-state index in [4.69, 9.17) is 14.5 Å². The zero-order valence-electron chi connectivity index (χ0n) is 17.8. The standard InChI is InChI=1S/C25H22N4O3/c1-3-32-24(30)21-22(16-11-13-17(31-2)14-12-16)28-25-27-18-8-4-5-10-20(18)29(25)23(21)19-9-6-7-15-26-19/h4-15,23H,3H2,1-2H3,(H,27,28)/t23-/m0/s1. The minimum atomic E-state index is -0.504. The van der Waals surface area contributed by atoms with E-state index in [2.05, 4.69) is 10.3 Å². The van der Waals surface area contributed by atoms with Crippen LogP contribution in [0, 0.1) is 0 Å². The van der Waals surface area contributed by atoms with Gasteiger partial charge in [0, 0.05) is 6.20 Å². The molecule has 32 heavy (non-hydrogen) atoms. The van der Waals surface area contributed by atoms with E-state index in [0.29, 0.717) is 17.2 Å². The molecule has 5 rings (SSSR count). The summed E-state index contributed by atoms with van der Waals surface area (Å²) in [6, 6.07) is 20.6. The van der Waals surface area contributed by atoms with Gasteiger partial charge in [-0.2, -0.15) is 0 Å². The predicted molar refractivity (Wildman–Crippen MR) is 122 cm³/mol. The van der Waals surface area contributed by atoms with Crippen LogP contribution in [0.15, 0.2) is 78.5 Å². The molecule has 7 heteroatoms. The van der Waals surface area contributed by atoms with Crippen molar-refractivity contribution in [3.05, 3.63) is 89.8 Å². The van der Waals surface area contributed by atoms with Crippen molar-refractivity contribution in [1.82, 2.24) is 14.5 Å². The SMILES string of the molecule is CCOC(=O)C1=C(c2ccc(OC)cc2)Nc2nc3ccccc3n2[C@H]1c1ccccn1. The molecular formula is C25H22N4O3. The van der Waals surface area contributed by atoms with Crippen LogP contribution < -0.4 is 10.1 Å². The van der Waals surface area contributed by atoms with E-state index in [-0.39, 0.29) is 6.61 Å². The molecule has 0 fully saturated rings. The number of methoxy groups -OCH3 is 1. The van der Waals surface area contributed by atoms with Crippen molar-refractivity contribution in [3.8, 4) is 5.75 Å². The van der Waals surface area contributed by atoms with Crippen molar-refractivity contribution in [2.75, 3.05) is 19.0 Å². The largest absolute Gasteiger partial charge is 0.497 e. The van der Waals surface area contributed by atoms with E-state index < -0.39 is 12.0 Å². The average Bonchev–Trinajstić information content (AvgIpc) is 3.22. The van der Waals surface area contributed by atoms with E-state index in [1.54, 1.807) is 20.2 Å². The number of pyridine rings is 1. The Morgan fingerprint density at radius 3 is 2.56 bits per heavy atom. The third-order valence-corrected chi connectivity index (χ3v) is 5.48. The second-order valence-corrected chi connectivity index (χ2v) is 7.31. The van der Waals surface area contributed by atoms with Gasteiger partial charge in [0.25, 0.3) is 0 Å². The summed E-state index contributed by atoms with van der Waals surface area (Å²) >= 11 is 0. The average molecular weight is 426 g/mol. The first-order valence-electron chi connectivity index (χ1n) is 10.4. The number of rotatable bonds is 5. The Balaban J connectivity index is 1.80. The summed E-state index contributed by atoms with van der Waals surface area (Å²) in [5.41, 5.74) is 4.41. The summed E-state index contributed by atoms with van der Waals surface area (Å²) in [5, 5.41) is 3.39. The maximum atomic E-state index is 13.4. The van der Waals surface area contributed by atoms with Crippen molar-refractivity contribution >= 4 is 28.6 Å². The monoisotopic (exact) mass is 426 g/mol. The third kappa shape index (κ3) is 3.28.